The largest absolute Gasteiger partial charge is 0.313 e. The number of hydrogen-bond acceptors (Lipinski definition) is 7. The predicted molar refractivity (Wildman–Crippen MR) is 71.5 cm³/mol. The van der Waals surface area contributed by atoms with Crippen molar-refractivity contribution in [3.63, 3.8) is 0 Å². The molecule has 2 heterocycles. The van der Waals surface area contributed by atoms with Crippen LogP contribution < -0.4 is 5.32 Å². The van der Waals surface area contributed by atoms with Gasteiger partial charge in [0.05, 0.1) is 12.2 Å². The number of aromatic nitrogens is 7. The van der Waals surface area contributed by atoms with Crippen molar-refractivity contribution < 1.29 is 0 Å². The summed E-state index contributed by atoms with van der Waals surface area (Å²) in [5.74, 6) is 0.714. The first-order chi connectivity index (χ1) is 9.15. The van der Waals surface area contributed by atoms with Crippen LogP contribution in [-0.2, 0) is 19.3 Å². The number of thioether (sulfide) groups is 1. The molecule has 9 heteroatoms. The van der Waals surface area contributed by atoms with Gasteiger partial charge in [-0.05, 0) is 10.4 Å². The number of nitrogens with zero attached hydrogens (tertiary/aromatic N) is 7. The Morgan fingerprint density at radius 2 is 2.16 bits per heavy atom. The highest BCUT2D eigenvalue weighted by Crippen LogP contribution is 2.17. The molecule has 0 amide bonds. The summed E-state index contributed by atoms with van der Waals surface area (Å²) < 4.78 is 3.49. The molecule has 2 aromatic heterocycles. The molecule has 19 heavy (non-hydrogen) atoms. The van der Waals surface area contributed by atoms with E-state index in [1.807, 2.05) is 13.2 Å². The Kier molecular flexibility index (Phi) is 4.86. The first kappa shape index (κ1) is 13.9. The molecule has 104 valence electrons. The maximum Gasteiger partial charge on any atom is 0.209 e. The maximum atomic E-state index is 4.03. The van der Waals surface area contributed by atoms with Crippen LogP contribution in [-0.4, -0.2) is 47.8 Å². The minimum atomic E-state index is 0.465. The Balaban J connectivity index is 1.85. The van der Waals surface area contributed by atoms with Crippen molar-refractivity contribution in [2.24, 2.45) is 7.05 Å². The highest BCUT2D eigenvalue weighted by Gasteiger charge is 2.08. The van der Waals surface area contributed by atoms with Crippen molar-refractivity contribution in [1.29, 1.82) is 0 Å². The molecule has 0 saturated carbocycles. The second-order valence-electron chi connectivity index (χ2n) is 4.47. The summed E-state index contributed by atoms with van der Waals surface area (Å²) in [5, 5.41) is 23.8. The van der Waals surface area contributed by atoms with Crippen LogP contribution in [0.1, 0.15) is 19.5 Å². The Hall–Kier alpha value is -1.48. The summed E-state index contributed by atoms with van der Waals surface area (Å²) >= 11 is 1.56. The highest BCUT2D eigenvalue weighted by atomic mass is 32.2. The van der Waals surface area contributed by atoms with E-state index in [2.05, 4.69) is 45.0 Å². The molecule has 0 spiro atoms. The smallest absolute Gasteiger partial charge is 0.209 e. The molecule has 0 atom stereocenters. The molecule has 0 aliphatic heterocycles. The fourth-order valence-corrected chi connectivity index (χ4v) is 2.28. The number of hydrogen-bond donors (Lipinski definition) is 1. The fourth-order valence-electron chi connectivity index (χ4n) is 1.50. The number of tetrazole rings is 1. The minimum absolute atomic E-state index is 0.465. The van der Waals surface area contributed by atoms with Crippen LogP contribution in [0.3, 0.4) is 0 Å². The van der Waals surface area contributed by atoms with Gasteiger partial charge in [0.25, 0.3) is 0 Å². The molecule has 2 rings (SSSR count). The fraction of sp³-hybridized carbons (Fsp3) is 0.700. The van der Waals surface area contributed by atoms with Crippen LogP contribution in [0.4, 0.5) is 0 Å². The second-order valence-corrected chi connectivity index (χ2v) is 5.41. The number of aryl methyl sites for hydroxylation is 1. The standard InChI is InChI=1S/C10H18N8S/c1-8(2)11-4-5-18-10(13-14-16-18)19-7-9-6-17(3)15-12-9/h6,8,11H,4-5,7H2,1-3H3. The zero-order chi connectivity index (χ0) is 13.7. The molecule has 2 aromatic rings. The Labute approximate surface area is 115 Å². The molecule has 0 aliphatic carbocycles. The SMILES string of the molecule is CC(C)NCCn1nnnc1SCc1cn(C)nn1. The van der Waals surface area contributed by atoms with E-state index in [9.17, 15) is 0 Å². The van der Waals surface area contributed by atoms with Crippen LogP contribution in [0, 0.1) is 0 Å². The third kappa shape index (κ3) is 4.28. The van der Waals surface area contributed by atoms with E-state index in [1.54, 1.807) is 21.1 Å². The predicted octanol–water partition coefficient (Wildman–Crippen LogP) is 0.0919. The van der Waals surface area contributed by atoms with Crippen LogP contribution in [0.25, 0.3) is 0 Å². The molecule has 0 aliphatic rings. The summed E-state index contributed by atoms with van der Waals surface area (Å²) in [5.41, 5.74) is 0.919. The highest BCUT2D eigenvalue weighted by molar-refractivity contribution is 7.98. The third-order valence-electron chi connectivity index (χ3n) is 2.37. The van der Waals surface area contributed by atoms with Gasteiger partial charge in [-0.25, -0.2) is 4.68 Å². The molecule has 0 aromatic carbocycles. The molecule has 1 N–H and O–H groups in total. The monoisotopic (exact) mass is 282 g/mol. The van der Waals surface area contributed by atoms with Gasteiger partial charge < -0.3 is 5.32 Å². The summed E-state index contributed by atoms with van der Waals surface area (Å²) in [4.78, 5) is 0. The molecule has 0 bridgehead atoms. The van der Waals surface area contributed by atoms with Crippen LogP contribution >= 0.6 is 11.8 Å². The van der Waals surface area contributed by atoms with E-state index < -0.39 is 0 Å². The molecule has 8 nitrogen and oxygen atoms in total. The summed E-state index contributed by atoms with van der Waals surface area (Å²) in [6.45, 7) is 5.84. The average molecular weight is 282 g/mol. The quantitative estimate of drug-likeness (QED) is 0.720. The average Bonchev–Trinajstić information content (AvgIpc) is 2.95. The molecule has 0 unspecified atom stereocenters. The lowest BCUT2D eigenvalue weighted by atomic mass is 10.4. The molecule has 0 radical (unpaired) electrons. The van der Waals surface area contributed by atoms with E-state index in [0.717, 1.165) is 23.9 Å². The number of rotatable bonds is 7. The topological polar surface area (TPSA) is 86.3 Å². The van der Waals surface area contributed by atoms with Gasteiger partial charge in [0.2, 0.25) is 5.16 Å². The van der Waals surface area contributed by atoms with Gasteiger partial charge in [0.1, 0.15) is 0 Å². The molecule has 0 fully saturated rings. The third-order valence-corrected chi connectivity index (χ3v) is 3.37. The molecular formula is C10H18N8S. The second kappa shape index (κ2) is 6.62. The van der Waals surface area contributed by atoms with Crippen molar-refractivity contribution in [2.45, 2.75) is 37.3 Å². The lowest BCUT2D eigenvalue weighted by molar-refractivity contribution is 0.485. The van der Waals surface area contributed by atoms with Crippen molar-refractivity contribution in [3.05, 3.63) is 11.9 Å². The lowest BCUT2D eigenvalue weighted by Gasteiger charge is -2.08. The van der Waals surface area contributed by atoms with E-state index in [-0.39, 0.29) is 0 Å². The Morgan fingerprint density at radius 1 is 1.32 bits per heavy atom. The van der Waals surface area contributed by atoms with Gasteiger partial charge >= 0.3 is 0 Å². The van der Waals surface area contributed by atoms with E-state index in [0.29, 0.717) is 11.8 Å². The van der Waals surface area contributed by atoms with Crippen molar-refractivity contribution >= 4 is 11.8 Å². The summed E-state index contributed by atoms with van der Waals surface area (Å²) in [7, 11) is 1.85. The Morgan fingerprint density at radius 3 is 2.84 bits per heavy atom. The first-order valence-corrected chi connectivity index (χ1v) is 7.11. The van der Waals surface area contributed by atoms with Crippen molar-refractivity contribution in [2.75, 3.05) is 6.54 Å². The molecular weight excluding hydrogens is 264 g/mol. The van der Waals surface area contributed by atoms with Gasteiger partial charge in [-0.1, -0.05) is 30.8 Å². The Bertz CT molecular complexity index is 505. The van der Waals surface area contributed by atoms with Gasteiger partial charge in [-0.15, -0.1) is 10.2 Å². The van der Waals surface area contributed by atoms with E-state index in [1.165, 1.54) is 0 Å². The van der Waals surface area contributed by atoms with Gasteiger partial charge in [-0.2, -0.15) is 0 Å². The van der Waals surface area contributed by atoms with Crippen LogP contribution in [0.5, 0.6) is 0 Å². The lowest BCUT2D eigenvalue weighted by Crippen LogP contribution is -2.27. The van der Waals surface area contributed by atoms with Gasteiger partial charge in [0.15, 0.2) is 0 Å². The number of nitrogens with one attached hydrogen (secondary N) is 1. The van der Waals surface area contributed by atoms with Gasteiger partial charge in [-0.3, -0.25) is 4.68 Å². The van der Waals surface area contributed by atoms with Crippen molar-refractivity contribution in [3.8, 4) is 0 Å². The van der Waals surface area contributed by atoms with E-state index in [4.69, 9.17) is 0 Å². The normalized spacial score (nSPS) is 11.4. The van der Waals surface area contributed by atoms with Crippen LogP contribution in [0.2, 0.25) is 0 Å². The molecule has 0 saturated heterocycles. The van der Waals surface area contributed by atoms with Crippen LogP contribution in [0.15, 0.2) is 11.4 Å². The van der Waals surface area contributed by atoms with Crippen molar-refractivity contribution in [1.82, 2.24) is 40.5 Å². The zero-order valence-electron chi connectivity index (χ0n) is 11.3. The van der Waals surface area contributed by atoms with Gasteiger partial charge in [0, 0.05) is 31.6 Å². The minimum Gasteiger partial charge on any atom is -0.313 e. The summed E-state index contributed by atoms with van der Waals surface area (Å²) in [6.07, 6.45) is 1.89. The first-order valence-electron chi connectivity index (χ1n) is 6.12. The summed E-state index contributed by atoms with van der Waals surface area (Å²) in [6, 6.07) is 0.465. The van der Waals surface area contributed by atoms with E-state index >= 15 is 0 Å². The maximum absolute atomic E-state index is 4.03. The zero-order valence-corrected chi connectivity index (χ0v) is 12.1.